The molecule has 3 nitrogen and oxygen atoms in total. The topological polar surface area (TPSA) is 24.5 Å². The fourth-order valence-corrected chi connectivity index (χ4v) is 3.16. The Morgan fingerprint density at radius 3 is 2.60 bits per heavy atom. The molecular weight excluding hydrogens is 248 g/mol. The van der Waals surface area contributed by atoms with Crippen LogP contribution in [0, 0.1) is 0 Å². The summed E-state index contributed by atoms with van der Waals surface area (Å²) in [5, 5.41) is 3.56. The maximum absolute atomic E-state index is 5.89. The third kappa shape index (κ3) is 3.33. The lowest BCUT2D eigenvalue weighted by atomic mass is 9.94. The molecule has 0 saturated heterocycles. The van der Waals surface area contributed by atoms with Crippen molar-refractivity contribution in [1.29, 1.82) is 0 Å². The Morgan fingerprint density at radius 2 is 1.95 bits per heavy atom. The summed E-state index contributed by atoms with van der Waals surface area (Å²) in [5.74, 6) is 1.08. The fourth-order valence-electron chi connectivity index (χ4n) is 3.16. The molecule has 0 bridgehead atoms. The molecule has 0 unspecified atom stereocenters. The fraction of sp³-hybridized carbons (Fsp3) is 0.647. The first kappa shape index (κ1) is 15.3. The molecule has 1 atom stereocenters. The van der Waals surface area contributed by atoms with E-state index in [0.717, 1.165) is 38.5 Å². The van der Waals surface area contributed by atoms with E-state index in [1.54, 1.807) is 0 Å². The molecule has 2 rings (SSSR count). The van der Waals surface area contributed by atoms with E-state index in [9.17, 15) is 0 Å². The van der Waals surface area contributed by atoms with Crippen LogP contribution in [0.3, 0.4) is 0 Å². The smallest absolute Gasteiger partial charge is 0.124 e. The van der Waals surface area contributed by atoms with Gasteiger partial charge in [0, 0.05) is 18.7 Å². The summed E-state index contributed by atoms with van der Waals surface area (Å²) in [7, 11) is 0. The van der Waals surface area contributed by atoms with Crippen LogP contribution in [0.5, 0.6) is 5.75 Å². The van der Waals surface area contributed by atoms with Crippen LogP contribution in [0.25, 0.3) is 0 Å². The van der Waals surface area contributed by atoms with Gasteiger partial charge >= 0.3 is 0 Å². The van der Waals surface area contributed by atoms with Crippen LogP contribution in [0.15, 0.2) is 18.2 Å². The van der Waals surface area contributed by atoms with Crippen molar-refractivity contribution in [3.05, 3.63) is 29.3 Å². The van der Waals surface area contributed by atoms with Gasteiger partial charge in [0.25, 0.3) is 0 Å². The van der Waals surface area contributed by atoms with Gasteiger partial charge in [0.15, 0.2) is 0 Å². The Kier molecular flexibility index (Phi) is 5.86. The predicted molar refractivity (Wildman–Crippen MR) is 84.2 cm³/mol. The van der Waals surface area contributed by atoms with Gasteiger partial charge in [-0.05, 0) is 44.5 Å². The zero-order valence-corrected chi connectivity index (χ0v) is 13.1. The van der Waals surface area contributed by atoms with Crippen LogP contribution < -0.4 is 10.1 Å². The third-order valence-corrected chi connectivity index (χ3v) is 3.91. The van der Waals surface area contributed by atoms with Crippen LogP contribution in [0.2, 0.25) is 0 Å². The highest BCUT2D eigenvalue weighted by atomic mass is 16.5. The zero-order valence-electron chi connectivity index (χ0n) is 13.1. The highest BCUT2D eigenvalue weighted by molar-refractivity contribution is 5.44. The van der Waals surface area contributed by atoms with Gasteiger partial charge in [-0.15, -0.1) is 0 Å². The molecule has 0 aliphatic carbocycles. The third-order valence-electron chi connectivity index (χ3n) is 3.91. The summed E-state index contributed by atoms with van der Waals surface area (Å²) < 4.78 is 5.89. The lowest BCUT2D eigenvalue weighted by Crippen LogP contribution is -2.40. The Labute approximate surface area is 123 Å². The number of nitrogens with zero attached hydrogens (tertiary/aromatic N) is 1. The van der Waals surface area contributed by atoms with Crippen molar-refractivity contribution in [1.82, 2.24) is 10.2 Å². The average molecular weight is 276 g/mol. The summed E-state index contributed by atoms with van der Waals surface area (Å²) in [6.45, 7) is 11.6. The molecule has 1 aliphatic heterocycles. The summed E-state index contributed by atoms with van der Waals surface area (Å²) in [5.41, 5.74) is 2.81. The van der Waals surface area contributed by atoms with Gasteiger partial charge in [0.05, 0.1) is 12.6 Å². The van der Waals surface area contributed by atoms with Crippen molar-refractivity contribution >= 4 is 0 Å². The van der Waals surface area contributed by atoms with Crippen molar-refractivity contribution in [2.24, 2.45) is 0 Å². The summed E-state index contributed by atoms with van der Waals surface area (Å²) in [6, 6.07) is 6.91. The molecule has 0 saturated carbocycles. The number of benzene rings is 1. The van der Waals surface area contributed by atoms with Gasteiger partial charge < -0.3 is 10.1 Å². The monoisotopic (exact) mass is 276 g/mol. The molecule has 3 heteroatoms. The largest absolute Gasteiger partial charge is 0.494 e. The number of rotatable bonds is 7. The van der Waals surface area contributed by atoms with E-state index in [0.29, 0.717) is 6.04 Å². The SMILES string of the molecule is CCCN(CCC)[C@@H]1CNCc2cccc(OCC)c21. The van der Waals surface area contributed by atoms with E-state index in [-0.39, 0.29) is 0 Å². The van der Waals surface area contributed by atoms with Crippen molar-refractivity contribution in [2.75, 3.05) is 26.2 Å². The Balaban J connectivity index is 2.33. The molecule has 20 heavy (non-hydrogen) atoms. The van der Waals surface area contributed by atoms with Gasteiger partial charge in [0.1, 0.15) is 5.75 Å². The molecule has 0 amide bonds. The second-order valence-electron chi connectivity index (χ2n) is 5.44. The van der Waals surface area contributed by atoms with Crippen molar-refractivity contribution in [3.8, 4) is 5.75 Å². The molecule has 1 aromatic carbocycles. The van der Waals surface area contributed by atoms with Gasteiger partial charge in [0.2, 0.25) is 0 Å². The van der Waals surface area contributed by atoms with Gasteiger partial charge in [-0.1, -0.05) is 26.0 Å². The zero-order chi connectivity index (χ0) is 14.4. The van der Waals surface area contributed by atoms with Crippen molar-refractivity contribution < 1.29 is 4.74 Å². The second kappa shape index (κ2) is 7.65. The Bertz CT molecular complexity index is 413. The van der Waals surface area contributed by atoms with Gasteiger partial charge in [-0.25, -0.2) is 0 Å². The number of nitrogens with one attached hydrogen (secondary N) is 1. The van der Waals surface area contributed by atoms with Crippen LogP contribution in [0.1, 0.15) is 50.8 Å². The van der Waals surface area contributed by atoms with E-state index < -0.39 is 0 Å². The first-order chi connectivity index (χ1) is 9.81. The highest BCUT2D eigenvalue weighted by Crippen LogP contribution is 2.35. The normalized spacial score (nSPS) is 18.1. The highest BCUT2D eigenvalue weighted by Gasteiger charge is 2.27. The molecule has 1 heterocycles. The lowest BCUT2D eigenvalue weighted by molar-refractivity contribution is 0.180. The first-order valence-corrected chi connectivity index (χ1v) is 8.01. The minimum atomic E-state index is 0.446. The lowest BCUT2D eigenvalue weighted by Gasteiger charge is -2.37. The molecule has 0 spiro atoms. The minimum Gasteiger partial charge on any atom is -0.494 e. The maximum Gasteiger partial charge on any atom is 0.124 e. The van der Waals surface area contributed by atoms with Crippen LogP contribution in [-0.4, -0.2) is 31.1 Å². The first-order valence-electron chi connectivity index (χ1n) is 8.01. The predicted octanol–water partition coefficient (Wildman–Crippen LogP) is 3.35. The second-order valence-corrected chi connectivity index (χ2v) is 5.44. The van der Waals surface area contributed by atoms with Gasteiger partial charge in [-0.2, -0.15) is 0 Å². The Morgan fingerprint density at radius 1 is 1.20 bits per heavy atom. The van der Waals surface area contributed by atoms with Crippen LogP contribution in [-0.2, 0) is 6.54 Å². The average Bonchev–Trinajstić information content (AvgIpc) is 2.47. The number of fused-ring (bicyclic) bond motifs is 1. The summed E-state index contributed by atoms with van der Waals surface area (Å²) in [4.78, 5) is 2.60. The molecule has 1 aromatic rings. The molecule has 0 radical (unpaired) electrons. The number of hydrogen-bond donors (Lipinski definition) is 1. The summed E-state index contributed by atoms with van der Waals surface area (Å²) >= 11 is 0. The standard InChI is InChI=1S/C17H28N2O/c1-4-10-19(11-5-2)15-13-18-12-14-8-7-9-16(17(14)15)20-6-3/h7-9,15,18H,4-6,10-13H2,1-3H3/t15-/m1/s1. The van der Waals surface area contributed by atoms with E-state index in [2.05, 4.69) is 49.2 Å². The quantitative estimate of drug-likeness (QED) is 0.826. The minimum absolute atomic E-state index is 0.446. The van der Waals surface area contributed by atoms with E-state index in [4.69, 9.17) is 4.74 Å². The molecule has 1 N–H and O–H groups in total. The summed E-state index contributed by atoms with van der Waals surface area (Å²) in [6.07, 6.45) is 2.39. The van der Waals surface area contributed by atoms with Crippen molar-refractivity contribution in [2.45, 2.75) is 46.2 Å². The van der Waals surface area contributed by atoms with E-state index in [1.165, 1.54) is 24.0 Å². The molecule has 0 aromatic heterocycles. The van der Waals surface area contributed by atoms with E-state index in [1.807, 2.05) is 0 Å². The van der Waals surface area contributed by atoms with Crippen LogP contribution >= 0.6 is 0 Å². The number of ether oxygens (including phenoxy) is 1. The number of hydrogen-bond acceptors (Lipinski definition) is 3. The Hall–Kier alpha value is -1.06. The molecule has 112 valence electrons. The van der Waals surface area contributed by atoms with Crippen LogP contribution in [0.4, 0.5) is 0 Å². The van der Waals surface area contributed by atoms with Crippen molar-refractivity contribution in [3.63, 3.8) is 0 Å². The molecule has 1 aliphatic rings. The maximum atomic E-state index is 5.89. The van der Waals surface area contributed by atoms with E-state index >= 15 is 0 Å². The molecule has 0 fully saturated rings. The van der Waals surface area contributed by atoms with Gasteiger partial charge in [-0.3, -0.25) is 4.90 Å². The molecular formula is C17H28N2O.